The summed E-state index contributed by atoms with van der Waals surface area (Å²) in [5.74, 6) is 0.0898. The molecule has 0 radical (unpaired) electrons. The van der Waals surface area contributed by atoms with Crippen LogP contribution in [0.15, 0.2) is 12.3 Å². The molecule has 3 fully saturated rings. The Morgan fingerprint density at radius 2 is 1.89 bits per heavy atom. The first-order valence-electron chi connectivity index (χ1n) is 10.9. The molecular formula is C21H35N5O2. The van der Waals surface area contributed by atoms with Gasteiger partial charge in [0, 0.05) is 71.2 Å². The summed E-state index contributed by atoms with van der Waals surface area (Å²) in [5.41, 5.74) is 0.628. The molecule has 1 amide bonds. The highest BCUT2D eigenvalue weighted by molar-refractivity contribution is 5.92. The van der Waals surface area contributed by atoms with E-state index >= 15 is 0 Å². The van der Waals surface area contributed by atoms with Crippen LogP contribution >= 0.6 is 0 Å². The lowest BCUT2D eigenvalue weighted by molar-refractivity contribution is -0.133. The number of amides is 1. The summed E-state index contributed by atoms with van der Waals surface area (Å²) in [4.78, 5) is 20.0. The number of carbonyl (C=O) groups is 1. The van der Waals surface area contributed by atoms with Crippen molar-refractivity contribution in [1.82, 2.24) is 24.5 Å². The molecule has 0 aromatic carbocycles. The number of hydrogen-bond donors (Lipinski definition) is 0. The second-order valence-electron chi connectivity index (χ2n) is 8.98. The molecule has 7 nitrogen and oxygen atoms in total. The summed E-state index contributed by atoms with van der Waals surface area (Å²) in [6.07, 6.45) is 5.83. The monoisotopic (exact) mass is 389 g/mol. The minimum Gasteiger partial charge on any atom is -0.375 e. The van der Waals surface area contributed by atoms with Gasteiger partial charge >= 0.3 is 0 Å². The van der Waals surface area contributed by atoms with Crippen LogP contribution in [0.1, 0.15) is 50.0 Å². The summed E-state index contributed by atoms with van der Waals surface area (Å²) in [5, 5.41) is 4.13. The molecule has 1 unspecified atom stereocenters. The van der Waals surface area contributed by atoms with Crippen molar-refractivity contribution in [3.8, 4) is 0 Å². The fourth-order valence-corrected chi connectivity index (χ4v) is 5.14. The molecule has 28 heavy (non-hydrogen) atoms. The molecule has 0 N–H and O–H groups in total. The average Bonchev–Trinajstić information content (AvgIpc) is 3.14. The normalized spacial score (nSPS) is 26.9. The summed E-state index contributed by atoms with van der Waals surface area (Å²) in [6.45, 7) is 11.7. The minimum absolute atomic E-state index is 0.0403. The van der Waals surface area contributed by atoms with Crippen LogP contribution in [0.5, 0.6) is 0 Å². The number of rotatable bonds is 3. The summed E-state index contributed by atoms with van der Waals surface area (Å²) < 4.78 is 8.00. The predicted molar refractivity (Wildman–Crippen MR) is 108 cm³/mol. The van der Waals surface area contributed by atoms with Crippen LogP contribution in [0.2, 0.25) is 0 Å². The van der Waals surface area contributed by atoms with E-state index in [0.29, 0.717) is 17.8 Å². The molecule has 156 valence electrons. The largest absolute Gasteiger partial charge is 0.375 e. The molecule has 7 heteroatoms. The summed E-state index contributed by atoms with van der Waals surface area (Å²) in [7, 11) is 1.83. The molecular weight excluding hydrogens is 354 g/mol. The van der Waals surface area contributed by atoms with Gasteiger partial charge in [-0.1, -0.05) is 0 Å². The fourth-order valence-electron chi connectivity index (χ4n) is 5.14. The van der Waals surface area contributed by atoms with Gasteiger partial charge in [0.15, 0.2) is 0 Å². The first-order chi connectivity index (χ1) is 13.5. The minimum atomic E-state index is -0.0403. The van der Waals surface area contributed by atoms with Crippen molar-refractivity contribution in [3.63, 3.8) is 0 Å². The van der Waals surface area contributed by atoms with Crippen LogP contribution in [0.3, 0.4) is 0 Å². The van der Waals surface area contributed by atoms with E-state index in [1.165, 1.54) is 26.2 Å². The highest BCUT2D eigenvalue weighted by atomic mass is 16.5. The van der Waals surface area contributed by atoms with Gasteiger partial charge in [-0.15, -0.1) is 0 Å². The average molecular weight is 390 g/mol. The van der Waals surface area contributed by atoms with Gasteiger partial charge in [-0.25, -0.2) is 0 Å². The quantitative estimate of drug-likeness (QED) is 0.786. The van der Waals surface area contributed by atoms with Crippen LogP contribution in [0, 0.1) is 0 Å². The lowest BCUT2D eigenvalue weighted by Gasteiger charge is -2.50. The maximum atomic E-state index is 12.8. The van der Waals surface area contributed by atoms with Gasteiger partial charge in [-0.2, -0.15) is 5.10 Å². The van der Waals surface area contributed by atoms with Crippen molar-refractivity contribution in [2.45, 2.75) is 57.2 Å². The van der Waals surface area contributed by atoms with Gasteiger partial charge in [0.05, 0.1) is 5.60 Å². The molecule has 0 aliphatic carbocycles. The van der Waals surface area contributed by atoms with E-state index in [1.54, 1.807) is 16.9 Å². The lowest BCUT2D eigenvalue weighted by atomic mass is 9.81. The van der Waals surface area contributed by atoms with E-state index in [9.17, 15) is 4.79 Å². The number of hydrogen-bond acceptors (Lipinski definition) is 5. The third-order valence-electron chi connectivity index (χ3n) is 7.06. The van der Waals surface area contributed by atoms with Crippen molar-refractivity contribution in [2.75, 3.05) is 45.9 Å². The number of likely N-dealkylation sites (tertiary alicyclic amines) is 1. The van der Waals surface area contributed by atoms with Crippen molar-refractivity contribution in [2.24, 2.45) is 7.05 Å². The Labute approximate surface area is 168 Å². The molecule has 1 aromatic heterocycles. The van der Waals surface area contributed by atoms with E-state index in [4.69, 9.17) is 4.74 Å². The van der Waals surface area contributed by atoms with E-state index in [0.717, 1.165) is 45.4 Å². The zero-order chi connectivity index (χ0) is 19.7. The Kier molecular flexibility index (Phi) is 5.76. The van der Waals surface area contributed by atoms with Crippen LogP contribution in [0.25, 0.3) is 0 Å². The van der Waals surface area contributed by atoms with E-state index in [-0.39, 0.29) is 11.5 Å². The lowest BCUT2D eigenvalue weighted by Crippen LogP contribution is -2.58. The Hall–Kier alpha value is -1.44. The zero-order valence-electron chi connectivity index (χ0n) is 17.6. The van der Waals surface area contributed by atoms with Crippen LogP contribution in [-0.4, -0.2) is 93.9 Å². The summed E-state index contributed by atoms with van der Waals surface area (Å²) >= 11 is 0. The first kappa shape index (κ1) is 19.9. The number of aryl methyl sites for hydroxylation is 1. The Morgan fingerprint density at radius 3 is 2.50 bits per heavy atom. The van der Waals surface area contributed by atoms with Gasteiger partial charge in [0.2, 0.25) is 0 Å². The van der Waals surface area contributed by atoms with Crippen LogP contribution < -0.4 is 0 Å². The molecule has 3 saturated heterocycles. The zero-order valence-corrected chi connectivity index (χ0v) is 17.6. The van der Waals surface area contributed by atoms with Gasteiger partial charge < -0.3 is 9.64 Å². The van der Waals surface area contributed by atoms with Crippen molar-refractivity contribution in [3.05, 3.63) is 18.0 Å². The number of ether oxygens (including phenoxy) is 1. The van der Waals surface area contributed by atoms with E-state index < -0.39 is 0 Å². The number of aromatic nitrogens is 2. The molecule has 3 aliphatic rings. The smallest absolute Gasteiger partial charge is 0.272 e. The van der Waals surface area contributed by atoms with E-state index in [1.807, 2.05) is 11.9 Å². The van der Waals surface area contributed by atoms with Crippen molar-refractivity contribution < 1.29 is 9.53 Å². The molecule has 3 aliphatic heterocycles. The predicted octanol–water partition coefficient (Wildman–Crippen LogP) is 1.60. The maximum Gasteiger partial charge on any atom is 0.272 e. The highest BCUT2D eigenvalue weighted by Crippen LogP contribution is 2.37. The molecule has 0 saturated carbocycles. The fraction of sp³-hybridized carbons (Fsp3) is 0.810. The van der Waals surface area contributed by atoms with Gasteiger partial charge in [-0.05, 0) is 45.6 Å². The number of nitrogens with zero attached hydrogens (tertiary/aromatic N) is 5. The topological polar surface area (TPSA) is 53.8 Å². The van der Waals surface area contributed by atoms with Gasteiger partial charge in [-0.3, -0.25) is 19.3 Å². The molecule has 4 rings (SSSR count). The molecule has 0 bridgehead atoms. The second-order valence-corrected chi connectivity index (χ2v) is 8.98. The van der Waals surface area contributed by atoms with Crippen LogP contribution in [0.4, 0.5) is 0 Å². The second kappa shape index (κ2) is 8.13. The SMILES string of the molecule is CC(C)N1CCN(C2CCOC3(CCN(C(=O)c4ccnn4C)CC3)C2)CC1. The van der Waals surface area contributed by atoms with Crippen LogP contribution in [-0.2, 0) is 11.8 Å². The third kappa shape index (κ3) is 3.98. The number of piperidine rings is 1. The van der Waals surface area contributed by atoms with E-state index in [2.05, 4.69) is 28.7 Å². The molecule has 1 atom stereocenters. The third-order valence-corrected chi connectivity index (χ3v) is 7.06. The van der Waals surface area contributed by atoms with Crippen molar-refractivity contribution in [1.29, 1.82) is 0 Å². The first-order valence-corrected chi connectivity index (χ1v) is 10.9. The van der Waals surface area contributed by atoms with Gasteiger partial charge in [0.1, 0.15) is 5.69 Å². The highest BCUT2D eigenvalue weighted by Gasteiger charge is 2.43. The maximum absolute atomic E-state index is 12.8. The van der Waals surface area contributed by atoms with Crippen molar-refractivity contribution >= 4 is 5.91 Å². The van der Waals surface area contributed by atoms with Gasteiger partial charge in [0.25, 0.3) is 5.91 Å². The number of carbonyl (C=O) groups excluding carboxylic acids is 1. The Bertz CT molecular complexity index is 672. The molecule has 1 spiro atoms. The Balaban J connectivity index is 1.33. The molecule has 1 aromatic rings. The number of piperazine rings is 1. The Morgan fingerprint density at radius 1 is 1.18 bits per heavy atom. The standard InChI is InChI=1S/C21H35N5O2/c1-17(2)24-11-13-25(14-12-24)18-5-15-28-21(16-18)6-9-26(10-7-21)20(27)19-4-8-22-23(19)3/h4,8,17-18H,5-7,9-16H2,1-3H3. The molecule has 4 heterocycles. The summed E-state index contributed by atoms with van der Waals surface area (Å²) in [6, 6.07) is 3.07.